The number of carbonyl (C=O) groups excluding carboxylic acids is 2. The maximum absolute atomic E-state index is 12.3. The van der Waals surface area contributed by atoms with Gasteiger partial charge < -0.3 is 9.64 Å². The fourth-order valence-electron chi connectivity index (χ4n) is 2.16. The Morgan fingerprint density at radius 1 is 1.50 bits per heavy atom. The molecule has 1 aromatic rings. The first-order chi connectivity index (χ1) is 8.63. The standard InChI is InChI=1S/C12H16N2O3S/c1-8-13-9(7-18-8)11(15)14-6-4-3-5-10(14)12(16)17-2/h7,10H,3-6H2,1-2H3. The van der Waals surface area contributed by atoms with Crippen molar-refractivity contribution in [2.24, 2.45) is 0 Å². The molecular weight excluding hydrogens is 252 g/mol. The van der Waals surface area contributed by atoms with E-state index in [2.05, 4.69) is 4.98 Å². The molecule has 1 saturated heterocycles. The Hall–Kier alpha value is -1.43. The van der Waals surface area contributed by atoms with Crippen molar-refractivity contribution in [3.05, 3.63) is 16.1 Å². The van der Waals surface area contributed by atoms with Crippen molar-refractivity contribution in [3.63, 3.8) is 0 Å². The van der Waals surface area contributed by atoms with Gasteiger partial charge in [-0.25, -0.2) is 9.78 Å². The second-order valence-corrected chi connectivity index (χ2v) is 5.35. The molecule has 2 heterocycles. The Morgan fingerprint density at radius 2 is 2.28 bits per heavy atom. The van der Waals surface area contributed by atoms with E-state index in [1.54, 1.807) is 10.3 Å². The topological polar surface area (TPSA) is 59.5 Å². The summed E-state index contributed by atoms with van der Waals surface area (Å²) in [6.45, 7) is 2.45. The minimum absolute atomic E-state index is 0.172. The molecule has 1 fully saturated rings. The van der Waals surface area contributed by atoms with Crippen LogP contribution in [0.25, 0.3) is 0 Å². The fourth-order valence-corrected chi connectivity index (χ4v) is 2.75. The van der Waals surface area contributed by atoms with Crippen molar-refractivity contribution in [2.75, 3.05) is 13.7 Å². The molecule has 0 spiro atoms. The van der Waals surface area contributed by atoms with E-state index < -0.39 is 6.04 Å². The van der Waals surface area contributed by atoms with Crippen molar-refractivity contribution >= 4 is 23.2 Å². The Balaban J connectivity index is 2.18. The predicted octanol–water partition coefficient (Wildman–Crippen LogP) is 1.62. The van der Waals surface area contributed by atoms with Crippen molar-refractivity contribution in [2.45, 2.75) is 32.2 Å². The molecule has 0 saturated carbocycles. The number of rotatable bonds is 2. The van der Waals surface area contributed by atoms with Crippen molar-refractivity contribution < 1.29 is 14.3 Å². The average Bonchev–Trinajstić information content (AvgIpc) is 2.83. The van der Waals surface area contributed by atoms with E-state index in [-0.39, 0.29) is 11.9 Å². The lowest BCUT2D eigenvalue weighted by atomic mass is 10.0. The van der Waals surface area contributed by atoms with E-state index in [0.717, 1.165) is 17.8 Å². The summed E-state index contributed by atoms with van der Waals surface area (Å²) >= 11 is 1.44. The maximum Gasteiger partial charge on any atom is 0.328 e. The highest BCUT2D eigenvalue weighted by Crippen LogP contribution is 2.21. The van der Waals surface area contributed by atoms with Crippen LogP contribution in [0, 0.1) is 6.92 Å². The van der Waals surface area contributed by atoms with Crippen molar-refractivity contribution in [1.82, 2.24) is 9.88 Å². The third kappa shape index (κ3) is 2.53. The molecule has 0 aromatic carbocycles. The van der Waals surface area contributed by atoms with Gasteiger partial charge in [-0.2, -0.15) is 0 Å². The number of likely N-dealkylation sites (tertiary alicyclic amines) is 1. The molecule has 5 nitrogen and oxygen atoms in total. The lowest BCUT2D eigenvalue weighted by molar-refractivity contribution is -0.147. The molecular formula is C12H16N2O3S. The lowest BCUT2D eigenvalue weighted by Gasteiger charge is -2.33. The molecule has 98 valence electrons. The zero-order valence-electron chi connectivity index (χ0n) is 10.5. The Kier molecular flexibility index (Phi) is 3.96. The highest BCUT2D eigenvalue weighted by atomic mass is 32.1. The number of hydrogen-bond donors (Lipinski definition) is 0. The van der Waals surface area contributed by atoms with E-state index >= 15 is 0 Å². The molecule has 0 radical (unpaired) electrons. The third-order valence-electron chi connectivity index (χ3n) is 3.08. The van der Waals surface area contributed by atoms with Crippen molar-refractivity contribution in [1.29, 1.82) is 0 Å². The van der Waals surface area contributed by atoms with Gasteiger partial charge >= 0.3 is 5.97 Å². The van der Waals surface area contributed by atoms with Gasteiger partial charge in [0.1, 0.15) is 11.7 Å². The largest absolute Gasteiger partial charge is 0.467 e. The summed E-state index contributed by atoms with van der Waals surface area (Å²) in [5.74, 6) is -0.510. The van der Waals surface area contributed by atoms with E-state index in [1.807, 2.05) is 6.92 Å². The van der Waals surface area contributed by atoms with Crippen LogP contribution in [-0.2, 0) is 9.53 Å². The van der Waals surface area contributed by atoms with Crippen LogP contribution in [0.3, 0.4) is 0 Å². The number of amides is 1. The second-order valence-electron chi connectivity index (χ2n) is 4.29. The van der Waals surface area contributed by atoms with E-state index in [0.29, 0.717) is 18.7 Å². The first-order valence-electron chi connectivity index (χ1n) is 5.94. The van der Waals surface area contributed by atoms with Crippen LogP contribution in [0.2, 0.25) is 0 Å². The molecule has 1 amide bonds. The normalized spacial score (nSPS) is 19.7. The quantitative estimate of drug-likeness (QED) is 0.765. The minimum atomic E-state index is -0.460. The van der Waals surface area contributed by atoms with Gasteiger partial charge in [-0.3, -0.25) is 4.79 Å². The summed E-state index contributed by atoms with van der Waals surface area (Å²) in [7, 11) is 1.35. The average molecular weight is 268 g/mol. The number of aryl methyl sites for hydroxylation is 1. The van der Waals surface area contributed by atoms with Crippen LogP contribution in [0.15, 0.2) is 5.38 Å². The summed E-state index contributed by atoms with van der Waals surface area (Å²) in [5.41, 5.74) is 0.424. The first-order valence-corrected chi connectivity index (χ1v) is 6.82. The summed E-state index contributed by atoms with van der Waals surface area (Å²) in [5, 5.41) is 2.59. The SMILES string of the molecule is COC(=O)C1CCCCN1C(=O)c1csc(C)n1. The van der Waals surface area contributed by atoms with Crippen LogP contribution < -0.4 is 0 Å². The highest BCUT2D eigenvalue weighted by Gasteiger charge is 2.34. The molecule has 18 heavy (non-hydrogen) atoms. The first kappa shape index (κ1) is 13.0. The monoisotopic (exact) mass is 268 g/mol. The summed E-state index contributed by atoms with van der Waals surface area (Å²) in [6.07, 6.45) is 2.53. The summed E-state index contributed by atoms with van der Waals surface area (Å²) < 4.78 is 4.76. The summed E-state index contributed by atoms with van der Waals surface area (Å²) in [6, 6.07) is -0.460. The molecule has 1 aromatic heterocycles. The molecule has 2 rings (SSSR count). The smallest absolute Gasteiger partial charge is 0.328 e. The molecule has 1 aliphatic heterocycles. The molecule has 0 bridgehead atoms. The number of aromatic nitrogens is 1. The molecule has 1 unspecified atom stereocenters. The maximum atomic E-state index is 12.3. The van der Waals surface area contributed by atoms with Crippen molar-refractivity contribution in [3.8, 4) is 0 Å². The van der Waals surface area contributed by atoms with Crippen LogP contribution in [0.5, 0.6) is 0 Å². The zero-order valence-corrected chi connectivity index (χ0v) is 11.3. The zero-order chi connectivity index (χ0) is 13.1. The number of carbonyl (C=O) groups is 2. The fraction of sp³-hybridized carbons (Fsp3) is 0.583. The Morgan fingerprint density at radius 3 is 2.89 bits per heavy atom. The number of ether oxygens (including phenoxy) is 1. The van der Waals surface area contributed by atoms with Gasteiger partial charge in [0, 0.05) is 11.9 Å². The van der Waals surface area contributed by atoms with E-state index in [4.69, 9.17) is 4.74 Å². The number of esters is 1. The van der Waals surface area contributed by atoms with Gasteiger partial charge in [0.25, 0.3) is 5.91 Å². The van der Waals surface area contributed by atoms with Gasteiger partial charge in [0.2, 0.25) is 0 Å². The number of nitrogens with zero attached hydrogens (tertiary/aromatic N) is 2. The molecule has 0 N–H and O–H groups in total. The third-order valence-corrected chi connectivity index (χ3v) is 3.85. The van der Waals surface area contributed by atoms with Crippen LogP contribution >= 0.6 is 11.3 Å². The van der Waals surface area contributed by atoms with Gasteiger partial charge in [0.15, 0.2) is 0 Å². The van der Waals surface area contributed by atoms with Gasteiger partial charge in [-0.05, 0) is 26.2 Å². The minimum Gasteiger partial charge on any atom is -0.467 e. The number of hydrogen-bond acceptors (Lipinski definition) is 5. The van der Waals surface area contributed by atoms with Gasteiger partial charge in [-0.15, -0.1) is 11.3 Å². The molecule has 6 heteroatoms. The Labute approximate surface area is 110 Å². The highest BCUT2D eigenvalue weighted by molar-refractivity contribution is 7.09. The molecule has 1 aliphatic rings. The number of thiazole rings is 1. The number of piperidine rings is 1. The van der Waals surface area contributed by atoms with E-state index in [1.165, 1.54) is 18.4 Å². The number of methoxy groups -OCH3 is 1. The molecule has 0 aliphatic carbocycles. The molecule has 1 atom stereocenters. The summed E-state index contributed by atoms with van der Waals surface area (Å²) in [4.78, 5) is 29.8. The van der Waals surface area contributed by atoms with Gasteiger partial charge in [-0.1, -0.05) is 0 Å². The van der Waals surface area contributed by atoms with Crippen LogP contribution in [0.1, 0.15) is 34.8 Å². The second kappa shape index (κ2) is 5.48. The predicted molar refractivity (Wildman–Crippen MR) is 67.5 cm³/mol. The van der Waals surface area contributed by atoms with Crippen LogP contribution in [-0.4, -0.2) is 41.5 Å². The Bertz CT molecular complexity index is 458. The van der Waals surface area contributed by atoms with Crippen LogP contribution in [0.4, 0.5) is 0 Å². The van der Waals surface area contributed by atoms with Gasteiger partial charge in [0.05, 0.1) is 12.1 Å². The van der Waals surface area contributed by atoms with E-state index in [9.17, 15) is 9.59 Å². The lowest BCUT2D eigenvalue weighted by Crippen LogP contribution is -2.48.